The van der Waals surface area contributed by atoms with Gasteiger partial charge in [-0.1, -0.05) is 24.3 Å². The van der Waals surface area contributed by atoms with Crippen LogP contribution in [0.4, 0.5) is 17.6 Å². The lowest BCUT2D eigenvalue weighted by molar-refractivity contribution is -0.137. The zero-order chi connectivity index (χ0) is 22.2. The van der Waals surface area contributed by atoms with Crippen LogP contribution in [-0.2, 0) is 19.3 Å². The highest BCUT2D eigenvalue weighted by Crippen LogP contribution is 2.34. The van der Waals surface area contributed by atoms with Crippen molar-refractivity contribution in [2.24, 2.45) is 0 Å². The Morgan fingerprint density at radius 3 is 2.48 bits per heavy atom. The van der Waals surface area contributed by atoms with E-state index < -0.39 is 11.7 Å². The van der Waals surface area contributed by atoms with Crippen molar-refractivity contribution in [3.05, 3.63) is 92.7 Å². The average Bonchev–Trinajstić information content (AvgIpc) is 3.26. The number of thiophene rings is 1. The molecular formula is C22H15BrF4N2OS. The van der Waals surface area contributed by atoms with Crippen molar-refractivity contribution in [1.82, 2.24) is 9.88 Å². The number of amides is 1. The summed E-state index contributed by atoms with van der Waals surface area (Å²) >= 11 is 4.94. The van der Waals surface area contributed by atoms with E-state index in [1.165, 1.54) is 35.6 Å². The van der Waals surface area contributed by atoms with Crippen LogP contribution < -0.4 is 5.32 Å². The van der Waals surface area contributed by atoms with E-state index in [0.29, 0.717) is 16.8 Å². The monoisotopic (exact) mass is 510 g/mol. The summed E-state index contributed by atoms with van der Waals surface area (Å²) < 4.78 is 55.4. The maximum absolute atomic E-state index is 13.4. The van der Waals surface area contributed by atoms with E-state index in [4.69, 9.17) is 0 Å². The molecule has 0 saturated heterocycles. The molecule has 2 aromatic heterocycles. The predicted molar refractivity (Wildman–Crippen MR) is 116 cm³/mol. The minimum Gasteiger partial charge on any atom is -0.347 e. The molecule has 9 heteroatoms. The Labute approximate surface area is 187 Å². The molecule has 160 valence electrons. The van der Waals surface area contributed by atoms with Gasteiger partial charge in [0.1, 0.15) is 11.5 Å². The third kappa shape index (κ3) is 4.67. The smallest absolute Gasteiger partial charge is 0.347 e. The minimum absolute atomic E-state index is 0.150. The van der Waals surface area contributed by atoms with E-state index in [9.17, 15) is 22.4 Å². The standard InChI is InChI=1S/C22H15BrF4N2OS/c23-17-12-31-19-9-18(21(30)28-10-14-2-1-3-16(24)8-14)29(20(17)19)11-13-4-6-15(7-5-13)22(25,26)27/h1-9,12H,10-11H2,(H,28,30). The first-order chi connectivity index (χ1) is 14.7. The fourth-order valence-electron chi connectivity index (χ4n) is 3.29. The maximum atomic E-state index is 13.4. The fraction of sp³-hybridized carbons (Fsp3) is 0.136. The van der Waals surface area contributed by atoms with Gasteiger partial charge in [-0.2, -0.15) is 13.2 Å². The van der Waals surface area contributed by atoms with Gasteiger partial charge in [0.05, 0.1) is 20.3 Å². The molecule has 4 aromatic rings. The number of benzene rings is 2. The Morgan fingerprint density at radius 2 is 1.81 bits per heavy atom. The van der Waals surface area contributed by atoms with E-state index >= 15 is 0 Å². The number of hydrogen-bond acceptors (Lipinski definition) is 2. The van der Waals surface area contributed by atoms with Gasteiger partial charge in [-0.25, -0.2) is 4.39 Å². The number of rotatable bonds is 5. The molecule has 0 aliphatic carbocycles. The van der Waals surface area contributed by atoms with Crippen molar-refractivity contribution >= 4 is 43.4 Å². The molecule has 0 spiro atoms. The van der Waals surface area contributed by atoms with E-state index in [-0.39, 0.29) is 24.8 Å². The predicted octanol–water partition coefficient (Wildman–Crippen LogP) is 6.60. The van der Waals surface area contributed by atoms with Gasteiger partial charge >= 0.3 is 6.18 Å². The lowest BCUT2D eigenvalue weighted by atomic mass is 10.1. The van der Waals surface area contributed by atoms with Gasteiger partial charge in [0, 0.05) is 18.5 Å². The Kier molecular flexibility index (Phi) is 5.90. The van der Waals surface area contributed by atoms with Crippen LogP contribution in [0.2, 0.25) is 0 Å². The summed E-state index contributed by atoms with van der Waals surface area (Å²) in [5.41, 5.74) is 1.69. The molecule has 2 aromatic carbocycles. The third-order valence-electron chi connectivity index (χ3n) is 4.77. The van der Waals surface area contributed by atoms with Crippen LogP contribution in [-0.4, -0.2) is 10.5 Å². The minimum atomic E-state index is -4.41. The van der Waals surface area contributed by atoms with Crippen LogP contribution in [0.15, 0.2) is 64.5 Å². The molecule has 2 heterocycles. The van der Waals surface area contributed by atoms with Gasteiger partial charge in [0.25, 0.3) is 5.91 Å². The number of nitrogens with one attached hydrogen (secondary N) is 1. The molecule has 0 radical (unpaired) electrons. The Hall–Kier alpha value is -2.65. The molecule has 0 saturated carbocycles. The highest BCUT2D eigenvalue weighted by molar-refractivity contribution is 9.10. The molecule has 0 aliphatic heterocycles. The molecule has 0 atom stereocenters. The van der Waals surface area contributed by atoms with Gasteiger partial charge < -0.3 is 9.88 Å². The van der Waals surface area contributed by atoms with Crippen LogP contribution in [0, 0.1) is 5.82 Å². The quantitative estimate of drug-likeness (QED) is 0.301. The first-order valence-electron chi connectivity index (χ1n) is 9.17. The van der Waals surface area contributed by atoms with Crippen LogP contribution in [0.3, 0.4) is 0 Å². The molecule has 4 rings (SSSR count). The van der Waals surface area contributed by atoms with Crippen LogP contribution in [0.25, 0.3) is 10.2 Å². The summed E-state index contributed by atoms with van der Waals surface area (Å²) in [6, 6.07) is 12.6. The number of carbonyl (C=O) groups is 1. The number of alkyl halides is 3. The Morgan fingerprint density at radius 1 is 1.06 bits per heavy atom. The van der Waals surface area contributed by atoms with Crippen molar-refractivity contribution in [2.75, 3.05) is 0 Å². The first-order valence-corrected chi connectivity index (χ1v) is 10.8. The molecule has 3 nitrogen and oxygen atoms in total. The lowest BCUT2D eigenvalue weighted by Gasteiger charge is -2.13. The second-order valence-electron chi connectivity index (χ2n) is 6.92. The summed E-state index contributed by atoms with van der Waals surface area (Å²) in [5, 5.41) is 4.67. The van der Waals surface area contributed by atoms with E-state index in [1.54, 1.807) is 22.8 Å². The zero-order valence-electron chi connectivity index (χ0n) is 15.8. The van der Waals surface area contributed by atoms with Gasteiger partial charge in [0.15, 0.2) is 0 Å². The maximum Gasteiger partial charge on any atom is 0.416 e. The molecule has 0 unspecified atom stereocenters. The molecule has 1 N–H and O–H groups in total. The number of fused-ring (bicyclic) bond motifs is 1. The molecule has 1 amide bonds. The number of nitrogens with zero attached hydrogens (tertiary/aromatic N) is 1. The Bertz CT molecular complexity index is 1240. The SMILES string of the molecule is O=C(NCc1cccc(F)c1)c1cc2scc(Br)c2n1Cc1ccc(C(F)(F)F)cc1. The second kappa shape index (κ2) is 8.47. The van der Waals surface area contributed by atoms with E-state index in [0.717, 1.165) is 26.8 Å². The molecular weight excluding hydrogens is 496 g/mol. The normalized spacial score (nSPS) is 11.8. The van der Waals surface area contributed by atoms with Crippen LogP contribution in [0.1, 0.15) is 27.2 Å². The molecule has 0 aliphatic rings. The summed E-state index contributed by atoms with van der Waals surface area (Å²) in [4.78, 5) is 12.9. The van der Waals surface area contributed by atoms with Crippen LogP contribution in [0.5, 0.6) is 0 Å². The van der Waals surface area contributed by atoms with E-state index in [2.05, 4.69) is 21.2 Å². The van der Waals surface area contributed by atoms with Gasteiger partial charge in [-0.3, -0.25) is 4.79 Å². The van der Waals surface area contributed by atoms with Crippen molar-refractivity contribution in [1.29, 1.82) is 0 Å². The number of hydrogen-bond donors (Lipinski definition) is 1. The molecule has 31 heavy (non-hydrogen) atoms. The summed E-state index contributed by atoms with van der Waals surface area (Å²) in [6.45, 7) is 0.372. The van der Waals surface area contributed by atoms with Gasteiger partial charge in [0.2, 0.25) is 0 Å². The molecule has 0 fully saturated rings. The topological polar surface area (TPSA) is 34.0 Å². The summed E-state index contributed by atoms with van der Waals surface area (Å²) in [6.07, 6.45) is -4.41. The summed E-state index contributed by atoms with van der Waals surface area (Å²) in [5.74, 6) is -0.742. The van der Waals surface area contributed by atoms with Gasteiger partial charge in [-0.15, -0.1) is 11.3 Å². The highest BCUT2D eigenvalue weighted by atomic mass is 79.9. The second-order valence-corrected chi connectivity index (χ2v) is 8.69. The summed E-state index contributed by atoms with van der Waals surface area (Å²) in [7, 11) is 0. The zero-order valence-corrected chi connectivity index (χ0v) is 18.2. The number of halogens is 5. The van der Waals surface area contributed by atoms with Crippen molar-refractivity contribution in [3.8, 4) is 0 Å². The number of carbonyl (C=O) groups excluding carboxylic acids is 1. The number of aromatic nitrogens is 1. The molecule has 0 bridgehead atoms. The van der Waals surface area contributed by atoms with Crippen molar-refractivity contribution in [3.63, 3.8) is 0 Å². The van der Waals surface area contributed by atoms with E-state index in [1.807, 2.05) is 5.38 Å². The van der Waals surface area contributed by atoms with Gasteiger partial charge in [-0.05, 0) is 57.4 Å². The van der Waals surface area contributed by atoms with Crippen LogP contribution >= 0.6 is 27.3 Å². The Balaban J connectivity index is 1.62. The highest BCUT2D eigenvalue weighted by Gasteiger charge is 2.30. The van der Waals surface area contributed by atoms with Crippen molar-refractivity contribution < 1.29 is 22.4 Å². The average molecular weight is 511 g/mol. The lowest BCUT2D eigenvalue weighted by Crippen LogP contribution is -2.25. The third-order valence-corrected chi connectivity index (χ3v) is 6.60. The largest absolute Gasteiger partial charge is 0.416 e. The fourth-order valence-corrected chi connectivity index (χ4v) is 4.98. The van der Waals surface area contributed by atoms with Crippen molar-refractivity contribution in [2.45, 2.75) is 19.3 Å². The first kappa shape index (κ1) is 21.6.